The maximum Gasteiger partial charge on any atom is 0.120 e. The van der Waals surface area contributed by atoms with E-state index in [-0.39, 0.29) is 5.60 Å². The van der Waals surface area contributed by atoms with Crippen LogP contribution >= 0.6 is 11.6 Å². The summed E-state index contributed by atoms with van der Waals surface area (Å²) in [5.41, 5.74) is 1.94. The first-order valence-corrected chi connectivity index (χ1v) is 6.40. The van der Waals surface area contributed by atoms with Crippen molar-refractivity contribution in [1.82, 2.24) is 5.32 Å². The van der Waals surface area contributed by atoms with Crippen molar-refractivity contribution in [3.05, 3.63) is 28.3 Å². The lowest BCUT2D eigenvalue weighted by Gasteiger charge is -2.30. The topological polar surface area (TPSA) is 21.3 Å². The van der Waals surface area contributed by atoms with Crippen molar-refractivity contribution in [3.8, 4) is 5.75 Å². The van der Waals surface area contributed by atoms with Gasteiger partial charge in [-0.15, -0.1) is 0 Å². The molecule has 1 aromatic carbocycles. The minimum Gasteiger partial charge on any atom is -0.486 e. The molecule has 0 bridgehead atoms. The molecule has 1 N–H and O–H groups in total. The Morgan fingerprint density at radius 1 is 1.29 bits per heavy atom. The third-order valence-corrected chi connectivity index (χ3v) is 3.67. The summed E-state index contributed by atoms with van der Waals surface area (Å²) in [5.74, 6) is 0.893. The van der Waals surface area contributed by atoms with E-state index in [2.05, 4.69) is 19.2 Å². The third kappa shape index (κ3) is 3.62. The highest BCUT2D eigenvalue weighted by atomic mass is 35.5. The highest BCUT2D eigenvalue weighted by Gasteiger charge is 2.23. The molecule has 1 rings (SSSR count). The average molecular weight is 256 g/mol. The van der Waals surface area contributed by atoms with Crippen molar-refractivity contribution in [2.24, 2.45) is 0 Å². The molecule has 0 heterocycles. The van der Waals surface area contributed by atoms with Crippen molar-refractivity contribution in [1.29, 1.82) is 0 Å². The van der Waals surface area contributed by atoms with Gasteiger partial charge in [-0.05, 0) is 57.5 Å². The molecule has 1 unspecified atom stereocenters. The molecule has 0 aliphatic rings. The zero-order chi connectivity index (χ0) is 13.1. The molecule has 0 fully saturated rings. The van der Waals surface area contributed by atoms with Crippen LogP contribution in [0, 0.1) is 13.8 Å². The van der Waals surface area contributed by atoms with Crippen LogP contribution in [-0.2, 0) is 0 Å². The molecule has 0 saturated carbocycles. The van der Waals surface area contributed by atoms with Crippen molar-refractivity contribution in [2.45, 2.75) is 39.7 Å². The molecule has 0 aliphatic heterocycles. The van der Waals surface area contributed by atoms with Gasteiger partial charge >= 0.3 is 0 Å². The van der Waals surface area contributed by atoms with Gasteiger partial charge in [0.2, 0.25) is 0 Å². The van der Waals surface area contributed by atoms with Gasteiger partial charge < -0.3 is 10.1 Å². The van der Waals surface area contributed by atoms with Gasteiger partial charge in [0.25, 0.3) is 0 Å². The number of hydrogen-bond acceptors (Lipinski definition) is 2. The number of rotatable bonds is 5. The number of nitrogens with one attached hydrogen (secondary N) is 1. The zero-order valence-electron chi connectivity index (χ0n) is 11.4. The Morgan fingerprint density at radius 2 is 1.82 bits per heavy atom. The SMILES string of the molecule is CCC(C)(CNC)Oc1cc(C)c(Cl)c(C)c1. The molecule has 0 radical (unpaired) electrons. The second-order valence-electron chi connectivity index (χ2n) is 4.81. The predicted octanol–water partition coefficient (Wildman–Crippen LogP) is 3.72. The van der Waals surface area contributed by atoms with Crippen molar-refractivity contribution in [2.75, 3.05) is 13.6 Å². The Kier molecular flexibility index (Phi) is 4.84. The van der Waals surface area contributed by atoms with E-state index in [9.17, 15) is 0 Å². The molecule has 0 aromatic heterocycles. The van der Waals surface area contributed by atoms with Gasteiger partial charge in [-0.25, -0.2) is 0 Å². The van der Waals surface area contributed by atoms with E-state index >= 15 is 0 Å². The van der Waals surface area contributed by atoms with Crippen molar-refractivity contribution < 1.29 is 4.74 Å². The molecule has 1 atom stereocenters. The number of ether oxygens (including phenoxy) is 1. The number of benzene rings is 1. The summed E-state index contributed by atoms with van der Waals surface area (Å²) in [7, 11) is 1.94. The monoisotopic (exact) mass is 255 g/mol. The average Bonchev–Trinajstić information content (AvgIpc) is 2.26. The summed E-state index contributed by atoms with van der Waals surface area (Å²) < 4.78 is 6.09. The van der Waals surface area contributed by atoms with E-state index in [4.69, 9.17) is 16.3 Å². The lowest BCUT2D eigenvalue weighted by atomic mass is 10.0. The molecule has 0 saturated heterocycles. The fourth-order valence-electron chi connectivity index (χ4n) is 1.86. The zero-order valence-corrected chi connectivity index (χ0v) is 12.1. The van der Waals surface area contributed by atoms with Gasteiger partial charge in [-0.3, -0.25) is 0 Å². The molecule has 2 nitrogen and oxygen atoms in total. The second-order valence-corrected chi connectivity index (χ2v) is 5.18. The first-order chi connectivity index (χ1) is 7.91. The van der Waals surface area contributed by atoms with E-state index in [1.54, 1.807) is 0 Å². The number of aryl methyl sites for hydroxylation is 2. The van der Waals surface area contributed by atoms with Crippen LogP contribution < -0.4 is 10.1 Å². The molecule has 3 heteroatoms. The van der Waals surface area contributed by atoms with Crippen LogP contribution in [0.5, 0.6) is 5.75 Å². The number of halogens is 1. The number of hydrogen-bond donors (Lipinski definition) is 1. The maximum atomic E-state index is 6.15. The van der Waals surface area contributed by atoms with E-state index in [1.807, 2.05) is 33.0 Å². The Hall–Kier alpha value is -0.730. The molecular weight excluding hydrogens is 234 g/mol. The van der Waals surface area contributed by atoms with Gasteiger partial charge in [-0.1, -0.05) is 18.5 Å². The fraction of sp³-hybridized carbons (Fsp3) is 0.571. The van der Waals surface area contributed by atoms with Gasteiger partial charge in [0.15, 0.2) is 0 Å². The largest absolute Gasteiger partial charge is 0.486 e. The molecular formula is C14H22ClNO. The standard InChI is InChI=1S/C14H22ClNO/c1-6-14(4,9-16-5)17-12-7-10(2)13(15)11(3)8-12/h7-8,16H,6,9H2,1-5H3. The summed E-state index contributed by atoms with van der Waals surface area (Å²) in [4.78, 5) is 0. The van der Waals surface area contributed by atoms with Crippen LogP contribution in [0.15, 0.2) is 12.1 Å². The van der Waals surface area contributed by atoms with Crippen LogP contribution in [-0.4, -0.2) is 19.2 Å². The summed E-state index contributed by atoms with van der Waals surface area (Å²) >= 11 is 6.15. The van der Waals surface area contributed by atoms with Crippen molar-refractivity contribution in [3.63, 3.8) is 0 Å². The van der Waals surface area contributed by atoms with E-state index in [0.717, 1.165) is 34.9 Å². The smallest absolute Gasteiger partial charge is 0.120 e. The van der Waals surface area contributed by atoms with Crippen LogP contribution in [0.25, 0.3) is 0 Å². The minimum absolute atomic E-state index is 0.179. The third-order valence-electron chi connectivity index (χ3n) is 3.07. The Labute approximate surface area is 109 Å². The van der Waals surface area contributed by atoms with Gasteiger partial charge in [0.05, 0.1) is 0 Å². The Bertz CT molecular complexity index is 369. The van der Waals surface area contributed by atoms with Crippen molar-refractivity contribution >= 4 is 11.6 Å². The predicted molar refractivity (Wildman–Crippen MR) is 74.2 cm³/mol. The normalized spacial score (nSPS) is 14.5. The Balaban J connectivity index is 2.94. The molecule has 17 heavy (non-hydrogen) atoms. The fourth-order valence-corrected chi connectivity index (χ4v) is 1.97. The quantitative estimate of drug-likeness (QED) is 0.866. The summed E-state index contributed by atoms with van der Waals surface area (Å²) in [6, 6.07) is 4.00. The van der Waals surface area contributed by atoms with Crippen LogP contribution in [0.2, 0.25) is 5.02 Å². The number of likely N-dealkylation sites (N-methyl/N-ethyl adjacent to an activating group) is 1. The molecule has 1 aromatic rings. The highest BCUT2D eigenvalue weighted by molar-refractivity contribution is 6.32. The molecule has 0 aliphatic carbocycles. The second kappa shape index (κ2) is 5.74. The minimum atomic E-state index is -0.179. The van der Waals surface area contributed by atoms with E-state index < -0.39 is 0 Å². The van der Waals surface area contributed by atoms with Gasteiger partial charge in [0.1, 0.15) is 11.4 Å². The first-order valence-electron chi connectivity index (χ1n) is 6.02. The molecule has 96 valence electrons. The van der Waals surface area contributed by atoms with E-state index in [1.165, 1.54) is 0 Å². The van der Waals surface area contributed by atoms with Crippen LogP contribution in [0.3, 0.4) is 0 Å². The maximum absolute atomic E-state index is 6.15. The summed E-state index contributed by atoms with van der Waals surface area (Å²) in [6.07, 6.45) is 0.953. The molecule has 0 amide bonds. The van der Waals surface area contributed by atoms with Crippen LogP contribution in [0.4, 0.5) is 0 Å². The summed E-state index contributed by atoms with van der Waals surface area (Å²) in [6.45, 7) is 9.08. The Morgan fingerprint density at radius 3 is 2.24 bits per heavy atom. The lowest BCUT2D eigenvalue weighted by molar-refractivity contribution is 0.0857. The van der Waals surface area contributed by atoms with E-state index in [0.29, 0.717) is 0 Å². The van der Waals surface area contributed by atoms with Crippen LogP contribution in [0.1, 0.15) is 31.4 Å². The van der Waals surface area contributed by atoms with Gasteiger partial charge in [0, 0.05) is 11.6 Å². The summed E-state index contributed by atoms with van der Waals surface area (Å²) in [5, 5.41) is 3.99. The highest BCUT2D eigenvalue weighted by Crippen LogP contribution is 2.28. The lowest BCUT2D eigenvalue weighted by Crippen LogP contribution is -2.41. The first kappa shape index (κ1) is 14.3. The van der Waals surface area contributed by atoms with Gasteiger partial charge in [-0.2, -0.15) is 0 Å². The molecule has 0 spiro atoms.